The fraction of sp³-hybridized carbons (Fsp3) is 0.571. The van der Waals surface area contributed by atoms with Gasteiger partial charge in [-0.15, -0.1) is 0 Å². The minimum atomic E-state index is -1.59. The van der Waals surface area contributed by atoms with E-state index in [-0.39, 0.29) is 36.4 Å². The van der Waals surface area contributed by atoms with E-state index in [0.29, 0.717) is 31.3 Å². The lowest BCUT2D eigenvalue weighted by Crippen LogP contribution is -2.41. The van der Waals surface area contributed by atoms with Crippen LogP contribution in [-0.4, -0.2) is 73.5 Å². The molecular formula is C28H48F2O8Si. The Morgan fingerprint density at radius 3 is 1.64 bits per heavy atom. The topological polar surface area (TPSA) is 129 Å². The van der Waals surface area contributed by atoms with Crippen molar-refractivity contribution in [3.8, 4) is 23.0 Å². The van der Waals surface area contributed by atoms with Crippen LogP contribution in [0.15, 0.2) is 36.4 Å². The summed E-state index contributed by atoms with van der Waals surface area (Å²) in [6, 6.07) is 7.07. The Kier molecular flexibility index (Phi) is 21.2. The zero-order valence-electron chi connectivity index (χ0n) is 24.3. The highest BCUT2D eigenvalue weighted by atomic mass is 28.4. The molecule has 0 aliphatic heterocycles. The second kappa shape index (κ2) is 21.4. The Bertz CT molecular complexity index is 890. The molecule has 0 saturated heterocycles. The molecule has 2 rings (SSSR count). The van der Waals surface area contributed by atoms with E-state index in [1.54, 1.807) is 0 Å². The van der Waals surface area contributed by atoms with Crippen molar-refractivity contribution in [1.82, 2.24) is 0 Å². The maximum Gasteiger partial charge on any atom is 0.192 e. The molecule has 0 radical (unpaired) electrons. The van der Waals surface area contributed by atoms with Crippen molar-refractivity contribution in [3.63, 3.8) is 0 Å². The molecule has 8 nitrogen and oxygen atoms in total. The van der Waals surface area contributed by atoms with Crippen molar-refractivity contribution in [1.29, 1.82) is 0 Å². The summed E-state index contributed by atoms with van der Waals surface area (Å²) in [5.74, 6) is -0.835. The van der Waals surface area contributed by atoms with E-state index in [1.807, 2.05) is 13.8 Å². The molecule has 39 heavy (non-hydrogen) atoms. The van der Waals surface area contributed by atoms with Gasteiger partial charge in [-0.25, -0.2) is 8.78 Å². The van der Waals surface area contributed by atoms with Crippen molar-refractivity contribution in [2.75, 3.05) is 39.6 Å². The Morgan fingerprint density at radius 2 is 1.21 bits per heavy atom. The van der Waals surface area contributed by atoms with Gasteiger partial charge >= 0.3 is 0 Å². The van der Waals surface area contributed by atoms with Crippen molar-refractivity contribution < 1.29 is 48.2 Å². The molecule has 2 aromatic carbocycles. The predicted molar refractivity (Wildman–Crippen MR) is 152 cm³/mol. The first-order valence-corrected chi connectivity index (χ1v) is 15.8. The van der Waals surface area contributed by atoms with Crippen molar-refractivity contribution >= 4 is 8.32 Å². The van der Waals surface area contributed by atoms with E-state index in [0.717, 1.165) is 31.0 Å². The summed E-state index contributed by atoms with van der Waals surface area (Å²) in [7, 11) is -1.59. The number of aromatic hydroxyl groups is 2. The summed E-state index contributed by atoms with van der Waals surface area (Å²) in [5, 5.41) is 42.6. The minimum Gasteiger partial charge on any atom is -0.504 e. The standard InChI is InChI=1S/C11H15FO3.C8H20O2Si.C6H5FO2.C3H8O/c1-2-6-14-11-8-9(12)3-4-10(11)15-7-5-13;1-8(2,3)11(4,5)10-7-6-9;7-4-1-2-5(8)6(9)3-4;1-2-3-4/h3-4,8,13H,2,5-7H2,1H3;9H,6-7H2,1-5H3;1-3,8-9H;4H,2-3H2,1H3. The highest BCUT2D eigenvalue weighted by molar-refractivity contribution is 6.74. The van der Waals surface area contributed by atoms with Gasteiger partial charge in [0.2, 0.25) is 0 Å². The fourth-order valence-corrected chi connectivity index (χ4v) is 3.13. The summed E-state index contributed by atoms with van der Waals surface area (Å²) in [4.78, 5) is 0. The molecule has 0 aliphatic rings. The minimum absolute atomic E-state index is 0.0788. The number of phenols is 2. The van der Waals surface area contributed by atoms with Gasteiger partial charge in [0.15, 0.2) is 31.3 Å². The van der Waals surface area contributed by atoms with E-state index < -0.39 is 19.9 Å². The van der Waals surface area contributed by atoms with Gasteiger partial charge in [-0.3, -0.25) is 0 Å². The summed E-state index contributed by atoms with van der Waals surface area (Å²) >= 11 is 0. The summed E-state index contributed by atoms with van der Waals surface area (Å²) in [6.45, 7) is 16.4. The number of ether oxygens (including phenoxy) is 2. The van der Waals surface area contributed by atoms with Crippen LogP contribution in [0.2, 0.25) is 18.1 Å². The van der Waals surface area contributed by atoms with Crippen LogP contribution in [0.5, 0.6) is 23.0 Å². The number of aliphatic hydroxyl groups excluding tert-OH is 3. The zero-order chi connectivity index (χ0) is 30.5. The van der Waals surface area contributed by atoms with Gasteiger partial charge < -0.3 is 39.4 Å². The lowest BCUT2D eigenvalue weighted by molar-refractivity contribution is 0.189. The Morgan fingerprint density at radius 1 is 0.692 bits per heavy atom. The molecular weight excluding hydrogens is 530 g/mol. The van der Waals surface area contributed by atoms with Crippen LogP contribution in [0.4, 0.5) is 8.78 Å². The quantitative estimate of drug-likeness (QED) is 0.182. The normalized spacial score (nSPS) is 10.7. The summed E-state index contributed by atoms with van der Waals surface area (Å²) in [6.07, 6.45) is 1.72. The van der Waals surface area contributed by atoms with Crippen molar-refractivity contribution in [2.24, 2.45) is 0 Å². The molecule has 0 aliphatic carbocycles. The van der Waals surface area contributed by atoms with E-state index in [9.17, 15) is 8.78 Å². The average molecular weight is 579 g/mol. The Hall–Kier alpha value is -2.44. The fourth-order valence-electron chi connectivity index (χ4n) is 2.10. The maximum atomic E-state index is 12.9. The maximum absolute atomic E-state index is 12.9. The van der Waals surface area contributed by atoms with E-state index in [2.05, 4.69) is 33.9 Å². The predicted octanol–water partition coefficient (Wildman–Crippen LogP) is 5.61. The average Bonchev–Trinajstić information content (AvgIpc) is 2.88. The SMILES string of the molecule is CC(C)(C)[Si](C)(C)OCCO.CCCO.CCCOc1cc(F)ccc1OCCO.Oc1ccc(F)cc1O. The molecule has 0 saturated carbocycles. The number of benzene rings is 2. The van der Waals surface area contributed by atoms with Gasteiger partial charge in [0.25, 0.3) is 0 Å². The third kappa shape index (κ3) is 18.5. The number of rotatable bonds is 10. The van der Waals surface area contributed by atoms with Crippen LogP contribution in [0.3, 0.4) is 0 Å². The number of hydrogen-bond donors (Lipinski definition) is 5. The zero-order valence-corrected chi connectivity index (χ0v) is 25.3. The van der Waals surface area contributed by atoms with Crippen LogP contribution in [0.25, 0.3) is 0 Å². The lowest BCUT2D eigenvalue weighted by atomic mass is 10.2. The number of hydrogen-bond acceptors (Lipinski definition) is 8. The van der Waals surface area contributed by atoms with Crippen LogP contribution < -0.4 is 9.47 Å². The molecule has 5 N–H and O–H groups in total. The van der Waals surface area contributed by atoms with Gasteiger partial charge in [0, 0.05) is 18.7 Å². The molecule has 2 aromatic rings. The molecule has 11 heteroatoms. The Labute approximate surface area is 232 Å². The summed E-state index contributed by atoms with van der Waals surface area (Å²) in [5.41, 5.74) is 0. The number of halogens is 2. The van der Waals surface area contributed by atoms with Crippen LogP contribution in [0.1, 0.15) is 47.5 Å². The number of aliphatic hydroxyl groups is 3. The van der Waals surface area contributed by atoms with Crippen molar-refractivity contribution in [2.45, 2.75) is 65.6 Å². The first-order valence-electron chi connectivity index (χ1n) is 12.9. The van der Waals surface area contributed by atoms with Gasteiger partial charge in [-0.1, -0.05) is 34.6 Å². The van der Waals surface area contributed by atoms with Gasteiger partial charge in [0.1, 0.15) is 18.2 Å². The van der Waals surface area contributed by atoms with Crippen LogP contribution in [0, 0.1) is 11.6 Å². The molecule has 226 valence electrons. The molecule has 0 unspecified atom stereocenters. The second-order valence-electron chi connectivity index (χ2n) is 9.70. The smallest absolute Gasteiger partial charge is 0.192 e. The van der Waals surface area contributed by atoms with Gasteiger partial charge in [0.05, 0.1) is 26.4 Å². The molecule has 0 bridgehead atoms. The molecule has 0 fully saturated rings. The molecule has 0 heterocycles. The van der Waals surface area contributed by atoms with Gasteiger partial charge in [-0.05, 0) is 55.2 Å². The molecule has 0 amide bonds. The van der Waals surface area contributed by atoms with Gasteiger partial charge in [-0.2, -0.15) is 0 Å². The Balaban J connectivity index is 0. The van der Waals surface area contributed by atoms with E-state index in [4.69, 9.17) is 39.4 Å². The third-order valence-corrected chi connectivity index (χ3v) is 9.78. The first-order chi connectivity index (χ1) is 18.2. The number of phenolic OH excluding ortho intramolecular Hbond substituents is 2. The third-order valence-electron chi connectivity index (χ3n) is 5.24. The molecule has 0 spiro atoms. The van der Waals surface area contributed by atoms with Crippen LogP contribution >= 0.6 is 0 Å². The highest BCUT2D eigenvalue weighted by Crippen LogP contribution is 2.36. The molecule has 0 aromatic heterocycles. The monoisotopic (exact) mass is 578 g/mol. The highest BCUT2D eigenvalue weighted by Gasteiger charge is 2.36. The second-order valence-corrected chi connectivity index (χ2v) is 14.5. The first kappa shape index (κ1) is 38.7. The largest absolute Gasteiger partial charge is 0.504 e. The van der Waals surface area contributed by atoms with Crippen molar-refractivity contribution in [3.05, 3.63) is 48.0 Å². The van der Waals surface area contributed by atoms with E-state index >= 15 is 0 Å². The summed E-state index contributed by atoms with van der Waals surface area (Å²) < 4.78 is 41.1. The van der Waals surface area contributed by atoms with E-state index in [1.165, 1.54) is 18.2 Å². The van der Waals surface area contributed by atoms with Crippen LogP contribution in [-0.2, 0) is 4.43 Å². The lowest BCUT2D eigenvalue weighted by Gasteiger charge is -2.35. The molecule has 0 atom stereocenters.